The largest absolute Gasteiger partial charge is 0.507 e. The van der Waals surface area contributed by atoms with Crippen LogP contribution in [0.4, 0.5) is 0 Å². The fraction of sp³-hybridized carbons (Fsp3) is 0.0714. The van der Waals surface area contributed by atoms with E-state index in [-0.39, 0.29) is 5.75 Å². The van der Waals surface area contributed by atoms with E-state index in [0.29, 0.717) is 0 Å². The van der Waals surface area contributed by atoms with E-state index in [9.17, 15) is 5.11 Å². The minimum absolute atomic E-state index is 0.258. The average molecular weight is 224 g/mol. The van der Waals surface area contributed by atoms with Gasteiger partial charge in [-0.05, 0) is 31.2 Å². The Hall–Kier alpha value is -2.29. The second-order valence-corrected chi connectivity index (χ2v) is 4.04. The normalized spacial score (nSPS) is 10.9. The molecule has 0 unspecified atom stereocenters. The maximum absolute atomic E-state index is 9.81. The molecule has 2 aromatic heterocycles. The molecule has 3 aromatic rings. The first-order valence-corrected chi connectivity index (χ1v) is 5.49. The topological polar surface area (TPSA) is 37.5 Å². The number of phenols is 1. The number of benzene rings is 1. The van der Waals surface area contributed by atoms with Crippen molar-refractivity contribution < 1.29 is 5.11 Å². The van der Waals surface area contributed by atoms with Gasteiger partial charge in [0, 0.05) is 17.5 Å². The Morgan fingerprint density at radius 3 is 2.65 bits per heavy atom. The number of rotatable bonds is 1. The van der Waals surface area contributed by atoms with E-state index in [4.69, 9.17) is 0 Å². The zero-order chi connectivity index (χ0) is 11.8. The minimum atomic E-state index is 0.258. The van der Waals surface area contributed by atoms with Crippen LogP contribution in [0.3, 0.4) is 0 Å². The van der Waals surface area contributed by atoms with E-state index in [2.05, 4.69) is 4.98 Å². The maximum atomic E-state index is 9.81. The lowest BCUT2D eigenvalue weighted by Crippen LogP contribution is -1.86. The molecule has 0 radical (unpaired) electrons. The number of hydrogen-bond donors (Lipinski definition) is 1. The van der Waals surface area contributed by atoms with Crippen LogP contribution in [0.1, 0.15) is 5.69 Å². The zero-order valence-electron chi connectivity index (χ0n) is 9.46. The third-order valence-electron chi connectivity index (χ3n) is 2.88. The lowest BCUT2D eigenvalue weighted by Gasteiger charge is -1.98. The van der Waals surface area contributed by atoms with Gasteiger partial charge in [0.05, 0.1) is 5.69 Å². The van der Waals surface area contributed by atoms with Gasteiger partial charge in [0.2, 0.25) is 0 Å². The van der Waals surface area contributed by atoms with Crippen molar-refractivity contribution in [3.05, 3.63) is 54.4 Å². The van der Waals surface area contributed by atoms with Crippen LogP contribution in [0.15, 0.2) is 48.7 Å². The Bertz CT molecular complexity index is 686. The molecule has 1 N–H and O–H groups in total. The molecule has 0 atom stereocenters. The van der Waals surface area contributed by atoms with Crippen molar-refractivity contribution in [2.24, 2.45) is 0 Å². The van der Waals surface area contributed by atoms with Gasteiger partial charge >= 0.3 is 0 Å². The lowest BCUT2D eigenvalue weighted by molar-refractivity contribution is 0.477. The molecule has 1 aromatic carbocycles. The molecule has 17 heavy (non-hydrogen) atoms. The number of phenolic OH excluding ortho intramolecular Hbond substituents is 1. The second kappa shape index (κ2) is 3.63. The number of aryl methyl sites for hydroxylation is 1. The van der Waals surface area contributed by atoms with Gasteiger partial charge < -0.3 is 9.51 Å². The molecule has 0 aliphatic rings. The number of imidazole rings is 1. The van der Waals surface area contributed by atoms with E-state index in [1.807, 2.05) is 47.9 Å². The highest BCUT2D eigenvalue weighted by Gasteiger charge is 2.08. The number of nitrogens with zero attached hydrogens (tertiary/aromatic N) is 2. The molecule has 0 bridgehead atoms. The summed E-state index contributed by atoms with van der Waals surface area (Å²) in [6.45, 7) is 2.03. The summed E-state index contributed by atoms with van der Waals surface area (Å²) in [6, 6.07) is 13.2. The van der Waals surface area contributed by atoms with Gasteiger partial charge in [-0.2, -0.15) is 0 Å². The number of aromatic hydroxyl groups is 1. The van der Waals surface area contributed by atoms with Crippen LogP contribution < -0.4 is 0 Å². The first kappa shape index (κ1) is 9.90. The van der Waals surface area contributed by atoms with Crippen LogP contribution in [0, 0.1) is 6.92 Å². The number of aromatic nitrogens is 2. The van der Waals surface area contributed by atoms with Crippen molar-refractivity contribution >= 4 is 5.65 Å². The summed E-state index contributed by atoms with van der Waals surface area (Å²) in [5.74, 6) is 0.258. The molecule has 0 aliphatic heterocycles. The maximum Gasteiger partial charge on any atom is 0.137 e. The highest BCUT2D eigenvalue weighted by Crippen LogP contribution is 2.28. The van der Waals surface area contributed by atoms with Crippen LogP contribution in [-0.2, 0) is 0 Å². The monoisotopic (exact) mass is 224 g/mol. The predicted molar refractivity (Wildman–Crippen MR) is 67.0 cm³/mol. The Morgan fingerprint density at radius 2 is 1.88 bits per heavy atom. The minimum Gasteiger partial charge on any atom is -0.507 e. The molecule has 3 heteroatoms. The Labute approximate surface area is 99.0 Å². The quantitative estimate of drug-likeness (QED) is 0.690. The summed E-state index contributed by atoms with van der Waals surface area (Å²) in [4.78, 5) is 4.51. The fourth-order valence-electron chi connectivity index (χ4n) is 1.97. The molecule has 0 saturated heterocycles. The summed E-state index contributed by atoms with van der Waals surface area (Å²) in [5, 5.41) is 9.81. The Balaban J connectivity index is 2.26. The summed E-state index contributed by atoms with van der Waals surface area (Å²) in [7, 11) is 0. The molecule has 0 aliphatic carbocycles. The van der Waals surface area contributed by atoms with Crippen molar-refractivity contribution in [3.8, 4) is 17.0 Å². The summed E-state index contributed by atoms with van der Waals surface area (Å²) in [6.07, 6.45) is 1.94. The average Bonchev–Trinajstić information content (AvgIpc) is 2.75. The third kappa shape index (κ3) is 1.56. The highest BCUT2D eigenvalue weighted by molar-refractivity contribution is 5.68. The number of pyridine rings is 1. The summed E-state index contributed by atoms with van der Waals surface area (Å²) in [5.41, 5.74) is 3.56. The van der Waals surface area contributed by atoms with Crippen molar-refractivity contribution in [2.45, 2.75) is 6.92 Å². The van der Waals surface area contributed by atoms with Crippen LogP contribution in [0.25, 0.3) is 16.9 Å². The van der Waals surface area contributed by atoms with Gasteiger partial charge in [-0.3, -0.25) is 0 Å². The fourth-order valence-corrected chi connectivity index (χ4v) is 1.97. The zero-order valence-corrected chi connectivity index (χ0v) is 9.46. The Kier molecular flexibility index (Phi) is 2.11. The molecular weight excluding hydrogens is 212 g/mol. The SMILES string of the molecule is Cc1cccc2nc(-c3ccccc3O)cn12. The molecule has 0 fully saturated rings. The van der Waals surface area contributed by atoms with E-state index in [0.717, 1.165) is 22.6 Å². The molecule has 0 amide bonds. The van der Waals surface area contributed by atoms with E-state index in [1.54, 1.807) is 12.1 Å². The molecule has 3 rings (SSSR count). The van der Waals surface area contributed by atoms with Gasteiger partial charge in [0.25, 0.3) is 0 Å². The van der Waals surface area contributed by atoms with Gasteiger partial charge in [-0.25, -0.2) is 4.98 Å². The van der Waals surface area contributed by atoms with E-state index >= 15 is 0 Å². The van der Waals surface area contributed by atoms with Crippen molar-refractivity contribution in [1.82, 2.24) is 9.38 Å². The first-order chi connectivity index (χ1) is 8.25. The van der Waals surface area contributed by atoms with E-state index in [1.165, 1.54) is 0 Å². The second-order valence-electron chi connectivity index (χ2n) is 4.04. The Morgan fingerprint density at radius 1 is 1.06 bits per heavy atom. The van der Waals surface area contributed by atoms with Crippen LogP contribution >= 0.6 is 0 Å². The van der Waals surface area contributed by atoms with Crippen LogP contribution in [-0.4, -0.2) is 14.5 Å². The standard InChI is InChI=1S/C14H12N2O/c1-10-5-4-8-14-15-12(9-16(10)14)11-6-2-3-7-13(11)17/h2-9,17H,1H3. The summed E-state index contributed by atoms with van der Waals surface area (Å²) >= 11 is 0. The first-order valence-electron chi connectivity index (χ1n) is 5.49. The van der Waals surface area contributed by atoms with Crippen molar-refractivity contribution in [3.63, 3.8) is 0 Å². The summed E-state index contributed by atoms with van der Waals surface area (Å²) < 4.78 is 2.02. The molecule has 0 saturated carbocycles. The number of fused-ring (bicyclic) bond motifs is 1. The smallest absolute Gasteiger partial charge is 0.137 e. The highest BCUT2D eigenvalue weighted by atomic mass is 16.3. The van der Waals surface area contributed by atoms with Gasteiger partial charge in [0.1, 0.15) is 11.4 Å². The molecule has 2 heterocycles. The molecular formula is C14H12N2O. The van der Waals surface area contributed by atoms with Gasteiger partial charge in [-0.1, -0.05) is 18.2 Å². The van der Waals surface area contributed by atoms with Crippen LogP contribution in [0.5, 0.6) is 5.75 Å². The van der Waals surface area contributed by atoms with Crippen molar-refractivity contribution in [1.29, 1.82) is 0 Å². The third-order valence-corrected chi connectivity index (χ3v) is 2.88. The van der Waals surface area contributed by atoms with Gasteiger partial charge in [-0.15, -0.1) is 0 Å². The van der Waals surface area contributed by atoms with Crippen molar-refractivity contribution in [2.75, 3.05) is 0 Å². The van der Waals surface area contributed by atoms with E-state index < -0.39 is 0 Å². The van der Waals surface area contributed by atoms with Crippen LogP contribution in [0.2, 0.25) is 0 Å². The molecule has 84 valence electrons. The number of para-hydroxylation sites is 1. The number of hydrogen-bond acceptors (Lipinski definition) is 2. The van der Waals surface area contributed by atoms with Gasteiger partial charge in [0.15, 0.2) is 0 Å². The molecule has 0 spiro atoms. The lowest BCUT2D eigenvalue weighted by atomic mass is 10.1. The predicted octanol–water partition coefficient (Wildman–Crippen LogP) is 3.02. The molecule has 3 nitrogen and oxygen atoms in total.